The lowest BCUT2D eigenvalue weighted by Crippen LogP contribution is -2.19. The minimum absolute atomic E-state index is 0.0493. The lowest BCUT2D eigenvalue weighted by molar-refractivity contribution is 0.0993. The number of rotatable bonds is 3. The first-order chi connectivity index (χ1) is 6.56. The maximum Gasteiger partial charge on any atom is 0.176 e. The Morgan fingerprint density at radius 3 is 2.79 bits per heavy atom. The Morgan fingerprint density at radius 2 is 2.21 bits per heavy atom. The fourth-order valence-corrected chi connectivity index (χ4v) is 2.00. The van der Waals surface area contributed by atoms with E-state index in [9.17, 15) is 4.79 Å². The third kappa shape index (κ3) is 2.56. The van der Waals surface area contributed by atoms with Gasteiger partial charge in [-0.15, -0.1) is 0 Å². The normalized spacial score (nSPS) is 10.3. The average molecular weight is 277 g/mol. The maximum atomic E-state index is 11.6. The predicted octanol–water partition coefficient (Wildman–Crippen LogP) is 2.81. The number of Topliss-reactive ketones (excluding diaryl/α,β-unsaturated/α-hetero) is 1. The van der Waals surface area contributed by atoms with Gasteiger partial charge in [-0.25, -0.2) is 0 Å². The van der Waals surface area contributed by atoms with Gasteiger partial charge in [-0.1, -0.05) is 27.5 Å². The number of benzene rings is 1. The molecule has 14 heavy (non-hydrogen) atoms. The molecular weight excluding hydrogens is 265 g/mol. The molecule has 76 valence electrons. The summed E-state index contributed by atoms with van der Waals surface area (Å²) in [6, 6.07) is 3.58. The average Bonchev–Trinajstić information content (AvgIpc) is 2.11. The summed E-state index contributed by atoms with van der Waals surface area (Å²) in [5.41, 5.74) is 1.49. The van der Waals surface area contributed by atoms with Gasteiger partial charge in [0.2, 0.25) is 0 Å². The lowest BCUT2D eigenvalue weighted by Gasteiger charge is -2.07. The summed E-state index contributed by atoms with van der Waals surface area (Å²) in [5, 5.41) is 3.43. The number of carbonyl (C=O) groups excluding carboxylic acids is 1. The summed E-state index contributed by atoms with van der Waals surface area (Å²) in [7, 11) is 1.74. The van der Waals surface area contributed by atoms with Gasteiger partial charge in [0.15, 0.2) is 5.78 Å². The highest BCUT2D eigenvalue weighted by molar-refractivity contribution is 9.10. The highest BCUT2D eigenvalue weighted by Gasteiger charge is 2.11. The summed E-state index contributed by atoms with van der Waals surface area (Å²) >= 11 is 9.27. The highest BCUT2D eigenvalue weighted by Crippen LogP contribution is 2.25. The van der Waals surface area contributed by atoms with Crippen LogP contribution in [-0.4, -0.2) is 19.4 Å². The van der Waals surface area contributed by atoms with Crippen LogP contribution in [0.5, 0.6) is 0 Å². The van der Waals surface area contributed by atoms with Gasteiger partial charge in [-0.2, -0.15) is 0 Å². The van der Waals surface area contributed by atoms with E-state index in [0.717, 1.165) is 10.0 Å². The second kappa shape index (κ2) is 4.91. The molecule has 2 nitrogen and oxygen atoms in total. The van der Waals surface area contributed by atoms with Gasteiger partial charge in [0, 0.05) is 15.1 Å². The van der Waals surface area contributed by atoms with Gasteiger partial charge in [-0.3, -0.25) is 4.79 Å². The van der Waals surface area contributed by atoms with Crippen LogP contribution < -0.4 is 5.32 Å². The first-order valence-electron chi connectivity index (χ1n) is 4.19. The van der Waals surface area contributed by atoms with Crippen molar-refractivity contribution in [3.8, 4) is 0 Å². The van der Waals surface area contributed by atoms with E-state index in [-0.39, 0.29) is 5.78 Å². The van der Waals surface area contributed by atoms with Crippen LogP contribution in [0.25, 0.3) is 0 Å². The maximum absolute atomic E-state index is 11.6. The predicted molar refractivity (Wildman–Crippen MR) is 62.1 cm³/mol. The molecule has 0 aliphatic heterocycles. The Hall–Kier alpha value is -0.380. The van der Waals surface area contributed by atoms with Gasteiger partial charge in [0.25, 0.3) is 0 Å². The minimum Gasteiger partial charge on any atom is -0.313 e. The number of hydrogen-bond donors (Lipinski definition) is 1. The van der Waals surface area contributed by atoms with E-state index in [0.29, 0.717) is 17.1 Å². The van der Waals surface area contributed by atoms with Crippen LogP contribution in [0.15, 0.2) is 16.6 Å². The van der Waals surface area contributed by atoms with Crippen molar-refractivity contribution in [1.29, 1.82) is 0 Å². The summed E-state index contributed by atoms with van der Waals surface area (Å²) < 4.78 is 0.826. The van der Waals surface area contributed by atoms with E-state index in [2.05, 4.69) is 21.2 Å². The fraction of sp³-hybridized carbons (Fsp3) is 0.300. The molecular formula is C10H11BrClNO. The number of hydrogen-bond acceptors (Lipinski definition) is 2. The lowest BCUT2D eigenvalue weighted by atomic mass is 10.0. The van der Waals surface area contributed by atoms with Crippen LogP contribution in [0, 0.1) is 6.92 Å². The van der Waals surface area contributed by atoms with Gasteiger partial charge in [0.05, 0.1) is 6.54 Å². The monoisotopic (exact) mass is 275 g/mol. The van der Waals surface area contributed by atoms with Crippen molar-refractivity contribution in [1.82, 2.24) is 5.32 Å². The Labute approximate surface area is 96.8 Å². The van der Waals surface area contributed by atoms with Crippen LogP contribution in [0.3, 0.4) is 0 Å². The van der Waals surface area contributed by atoms with Crippen LogP contribution in [-0.2, 0) is 0 Å². The molecule has 0 bridgehead atoms. The first-order valence-corrected chi connectivity index (χ1v) is 5.36. The number of ketones is 1. The molecule has 1 aromatic carbocycles. The Bertz CT molecular complexity index is 365. The molecule has 0 spiro atoms. The van der Waals surface area contributed by atoms with E-state index in [1.807, 2.05) is 6.92 Å². The zero-order valence-corrected chi connectivity index (χ0v) is 10.4. The Balaban J connectivity index is 3.13. The van der Waals surface area contributed by atoms with Crippen molar-refractivity contribution in [2.75, 3.05) is 13.6 Å². The van der Waals surface area contributed by atoms with Crippen LogP contribution in [0.1, 0.15) is 15.9 Å². The van der Waals surface area contributed by atoms with E-state index < -0.39 is 0 Å². The topological polar surface area (TPSA) is 29.1 Å². The van der Waals surface area contributed by atoms with Crippen LogP contribution in [0.4, 0.5) is 0 Å². The van der Waals surface area contributed by atoms with Gasteiger partial charge < -0.3 is 5.32 Å². The van der Waals surface area contributed by atoms with Gasteiger partial charge >= 0.3 is 0 Å². The molecule has 0 amide bonds. The van der Waals surface area contributed by atoms with Crippen molar-refractivity contribution in [3.05, 3.63) is 32.8 Å². The molecule has 0 radical (unpaired) electrons. The zero-order chi connectivity index (χ0) is 10.7. The smallest absolute Gasteiger partial charge is 0.176 e. The van der Waals surface area contributed by atoms with Crippen molar-refractivity contribution in [2.45, 2.75) is 6.92 Å². The molecule has 0 heterocycles. The molecule has 1 N–H and O–H groups in total. The standard InChI is InChI=1S/C10H11BrClNO/c1-6-8(10(14)5-13-2)3-7(11)4-9(6)12/h3-4,13H,5H2,1-2H3. The van der Waals surface area contributed by atoms with Crippen LogP contribution >= 0.6 is 27.5 Å². The molecule has 0 unspecified atom stereocenters. The molecule has 0 fully saturated rings. The van der Waals surface area contributed by atoms with Crippen molar-refractivity contribution < 1.29 is 4.79 Å². The quantitative estimate of drug-likeness (QED) is 0.860. The van der Waals surface area contributed by atoms with Crippen molar-refractivity contribution >= 4 is 33.3 Å². The SMILES string of the molecule is CNCC(=O)c1cc(Br)cc(Cl)c1C. The molecule has 4 heteroatoms. The van der Waals surface area contributed by atoms with Gasteiger partial charge in [-0.05, 0) is 31.7 Å². The minimum atomic E-state index is 0.0493. The molecule has 0 saturated heterocycles. The second-order valence-electron chi connectivity index (χ2n) is 3.01. The molecule has 0 aromatic heterocycles. The molecule has 0 saturated carbocycles. The molecule has 1 aromatic rings. The summed E-state index contributed by atoms with van der Waals surface area (Å²) in [6.07, 6.45) is 0. The summed E-state index contributed by atoms with van der Waals surface area (Å²) in [6.45, 7) is 2.17. The Kier molecular flexibility index (Phi) is 4.11. The van der Waals surface area contributed by atoms with Crippen molar-refractivity contribution in [3.63, 3.8) is 0 Å². The van der Waals surface area contributed by atoms with Gasteiger partial charge in [0.1, 0.15) is 0 Å². The Morgan fingerprint density at radius 1 is 1.57 bits per heavy atom. The molecule has 0 atom stereocenters. The van der Waals surface area contributed by atoms with E-state index in [1.54, 1.807) is 19.2 Å². The number of likely N-dealkylation sites (N-methyl/N-ethyl adjacent to an activating group) is 1. The number of nitrogens with one attached hydrogen (secondary N) is 1. The largest absolute Gasteiger partial charge is 0.313 e. The fourth-order valence-electron chi connectivity index (χ4n) is 1.19. The van der Waals surface area contributed by atoms with E-state index in [1.165, 1.54) is 0 Å². The molecule has 1 rings (SSSR count). The third-order valence-electron chi connectivity index (χ3n) is 1.95. The molecule has 0 aliphatic carbocycles. The highest BCUT2D eigenvalue weighted by atomic mass is 79.9. The number of carbonyl (C=O) groups is 1. The van der Waals surface area contributed by atoms with Crippen LogP contribution in [0.2, 0.25) is 5.02 Å². The van der Waals surface area contributed by atoms with Crippen molar-refractivity contribution in [2.24, 2.45) is 0 Å². The third-order valence-corrected chi connectivity index (χ3v) is 2.80. The number of halogens is 2. The first kappa shape index (κ1) is 11.7. The summed E-state index contributed by atoms with van der Waals surface area (Å²) in [4.78, 5) is 11.6. The van der Waals surface area contributed by atoms with E-state index in [4.69, 9.17) is 11.6 Å². The molecule has 0 aliphatic rings. The van der Waals surface area contributed by atoms with E-state index >= 15 is 0 Å². The second-order valence-corrected chi connectivity index (χ2v) is 4.34. The zero-order valence-electron chi connectivity index (χ0n) is 8.03. The summed E-state index contributed by atoms with van der Waals surface area (Å²) in [5.74, 6) is 0.0493.